The Hall–Kier alpha value is -2.95. The summed E-state index contributed by atoms with van der Waals surface area (Å²) in [6.45, 7) is 5.16. The first-order chi connectivity index (χ1) is 16.2. The molecule has 3 aromatic rings. The molecule has 1 atom stereocenters. The highest BCUT2D eigenvalue weighted by Crippen LogP contribution is 2.20. The van der Waals surface area contributed by atoms with Gasteiger partial charge in [0.2, 0.25) is 5.88 Å². The monoisotopic (exact) mass is 576 g/mol. The van der Waals surface area contributed by atoms with Gasteiger partial charge in [0, 0.05) is 44.1 Å². The molecule has 1 saturated heterocycles. The van der Waals surface area contributed by atoms with Crippen LogP contribution in [-0.4, -0.2) is 41.6 Å². The molecule has 3 heterocycles. The maximum Gasteiger partial charge on any atom is 0.213 e. The topological polar surface area (TPSA) is 74.7 Å². The number of benzene rings is 1. The molecular formula is C25H30FIN6O. The zero-order chi connectivity index (χ0) is 22.9. The molecule has 9 heteroatoms. The summed E-state index contributed by atoms with van der Waals surface area (Å²) in [5.74, 6) is 1.42. The Morgan fingerprint density at radius 1 is 1.12 bits per heavy atom. The van der Waals surface area contributed by atoms with Crippen LogP contribution in [0.15, 0.2) is 72.0 Å². The van der Waals surface area contributed by atoms with Gasteiger partial charge in [-0.2, -0.15) is 0 Å². The standard InChI is InChI=1S/C25H29FN6O.HI/c1-2-27-25(31-21-11-14-32(17-21)24-22(26)9-6-12-29-24)30-16-20-10-13-28-23(15-20)33-18-19-7-4-3-5-8-19;/h3-10,12-13,15,21H,2,11,14,16-18H2,1H3,(H2,27,30,31);1H. The number of pyridine rings is 2. The highest BCUT2D eigenvalue weighted by molar-refractivity contribution is 14.0. The number of rotatable bonds is 8. The first-order valence-corrected chi connectivity index (χ1v) is 11.2. The first kappa shape index (κ1) is 25.7. The number of guanidine groups is 1. The van der Waals surface area contributed by atoms with Crippen molar-refractivity contribution < 1.29 is 9.13 Å². The average molecular weight is 576 g/mol. The zero-order valence-corrected chi connectivity index (χ0v) is 21.5. The summed E-state index contributed by atoms with van der Waals surface area (Å²) in [7, 11) is 0. The average Bonchev–Trinajstić information content (AvgIpc) is 3.31. The number of aliphatic imine (C=N–C) groups is 1. The third-order valence-electron chi connectivity index (χ3n) is 5.36. The van der Waals surface area contributed by atoms with Crippen LogP contribution in [-0.2, 0) is 13.2 Å². The summed E-state index contributed by atoms with van der Waals surface area (Å²) < 4.78 is 19.9. The zero-order valence-electron chi connectivity index (χ0n) is 19.2. The molecule has 1 aliphatic rings. The Morgan fingerprint density at radius 2 is 1.97 bits per heavy atom. The predicted octanol–water partition coefficient (Wildman–Crippen LogP) is 4.15. The highest BCUT2D eigenvalue weighted by Gasteiger charge is 2.25. The van der Waals surface area contributed by atoms with E-state index in [4.69, 9.17) is 9.73 Å². The summed E-state index contributed by atoms with van der Waals surface area (Å²) in [4.78, 5) is 15.2. The second-order valence-electron chi connectivity index (χ2n) is 7.86. The molecule has 2 aromatic heterocycles. The lowest BCUT2D eigenvalue weighted by atomic mass is 10.2. The highest BCUT2D eigenvalue weighted by atomic mass is 127. The second-order valence-corrected chi connectivity index (χ2v) is 7.86. The normalized spacial score (nSPS) is 15.5. The lowest BCUT2D eigenvalue weighted by molar-refractivity contribution is 0.293. The number of halogens is 2. The van der Waals surface area contributed by atoms with Gasteiger partial charge >= 0.3 is 0 Å². The van der Waals surface area contributed by atoms with E-state index in [0.717, 1.165) is 36.6 Å². The molecule has 0 amide bonds. The SMILES string of the molecule is CCNC(=NCc1ccnc(OCc2ccccc2)c1)NC1CCN(c2ncccc2F)C1.I. The van der Waals surface area contributed by atoms with E-state index in [-0.39, 0.29) is 35.8 Å². The number of nitrogens with zero attached hydrogens (tertiary/aromatic N) is 4. The van der Waals surface area contributed by atoms with Crippen LogP contribution in [0.3, 0.4) is 0 Å². The molecule has 4 rings (SSSR count). The van der Waals surface area contributed by atoms with Crippen LogP contribution in [0.5, 0.6) is 5.88 Å². The van der Waals surface area contributed by atoms with Crippen LogP contribution in [0.25, 0.3) is 0 Å². The molecular weight excluding hydrogens is 546 g/mol. The summed E-state index contributed by atoms with van der Waals surface area (Å²) in [6.07, 6.45) is 4.24. The van der Waals surface area contributed by atoms with Crippen molar-refractivity contribution in [3.63, 3.8) is 0 Å². The second kappa shape index (κ2) is 13.1. The molecule has 0 bridgehead atoms. The van der Waals surface area contributed by atoms with E-state index >= 15 is 0 Å². The number of hydrogen-bond donors (Lipinski definition) is 2. The summed E-state index contributed by atoms with van der Waals surface area (Å²) in [5.41, 5.74) is 2.10. The summed E-state index contributed by atoms with van der Waals surface area (Å²) >= 11 is 0. The molecule has 0 saturated carbocycles. The molecule has 1 aromatic carbocycles. The van der Waals surface area contributed by atoms with Gasteiger partial charge in [-0.05, 0) is 42.7 Å². The Morgan fingerprint density at radius 3 is 2.76 bits per heavy atom. The minimum Gasteiger partial charge on any atom is -0.473 e. The third-order valence-corrected chi connectivity index (χ3v) is 5.36. The van der Waals surface area contributed by atoms with Crippen molar-refractivity contribution in [2.75, 3.05) is 24.5 Å². The quantitative estimate of drug-likeness (QED) is 0.239. The molecule has 34 heavy (non-hydrogen) atoms. The van der Waals surface area contributed by atoms with Gasteiger partial charge in [-0.25, -0.2) is 19.4 Å². The van der Waals surface area contributed by atoms with Crippen molar-refractivity contribution in [3.05, 3.63) is 83.9 Å². The molecule has 1 unspecified atom stereocenters. The van der Waals surface area contributed by atoms with Crippen LogP contribution < -0.4 is 20.3 Å². The van der Waals surface area contributed by atoms with Crippen molar-refractivity contribution in [1.82, 2.24) is 20.6 Å². The van der Waals surface area contributed by atoms with Crippen molar-refractivity contribution >= 4 is 35.8 Å². The molecule has 1 aliphatic heterocycles. The van der Waals surface area contributed by atoms with Crippen molar-refractivity contribution in [2.45, 2.75) is 32.5 Å². The third kappa shape index (κ3) is 7.28. The Balaban J connectivity index is 0.00000324. The molecule has 0 aliphatic carbocycles. The molecule has 7 nitrogen and oxygen atoms in total. The molecule has 1 fully saturated rings. The van der Waals surface area contributed by atoms with Crippen LogP contribution in [0.1, 0.15) is 24.5 Å². The van der Waals surface area contributed by atoms with E-state index in [2.05, 4.69) is 20.6 Å². The van der Waals surface area contributed by atoms with E-state index in [1.54, 1.807) is 18.5 Å². The van der Waals surface area contributed by atoms with E-state index in [0.29, 0.717) is 31.4 Å². The molecule has 0 radical (unpaired) electrons. The van der Waals surface area contributed by atoms with E-state index in [1.165, 1.54) is 6.07 Å². The van der Waals surface area contributed by atoms with E-state index in [9.17, 15) is 4.39 Å². The van der Waals surface area contributed by atoms with Gasteiger partial charge in [-0.1, -0.05) is 30.3 Å². The molecule has 180 valence electrons. The number of hydrogen-bond acceptors (Lipinski definition) is 5. The smallest absolute Gasteiger partial charge is 0.213 e. The Labute approximate surface area is 216 Å². The van der Waals surface area contributed by atoms with Gasteiger partial charge in [-0.15, -0.1) is 24.0 Å². The number of ether oxygens (including phenoxy) is 1. The summed E-state index contributed by atoms with van der Waals surface area (Å²) in [5, 5.41) is 6.76. The lowest BCUT2D eigenvalue weighted by Gasteiger charge is -2.20. The number of aromatic nitrogens is 2. The maximum absolute atomic E-state index is 14.1. The van der Waals surface area contributed by atoms with Crippen molar-refractivity contribution in [1.29, 1.82) is 0 Å². The molecule has 2 N–H and O–H groups in total. The van der Waals surface area contributed by atoms with Gasteiger partial charge in [0.1, 0.15) is 6.61 Å². The van der Waals surface area contributed by atoms with Crippen LogP contribution in [0.4, 0.5) is 10.2 Å². The Kier molecular flexibility index (Phi) is 9.87. The van der Waals surface area contributed by atoms with Gasteiger partial charge in [-0.3, -0.25) is 0 Å². The van der Waals surface area contributed by atoms with E-state index < -0.39 is 0 Å². The number of anilines is 1. The minimum atomic E-state index is -0.290. The molecule has 0 spiro atoms. The largest absolute Gasteiger partial charge is 0.473 e. The van der Waals surface area contributed by atoms with Gasteiger partial charge in [0.15, 0.2) is 17.6 Å². The number of nitrogens with one attached hydrogen (secondary N) is 2. The van der Waals surface area contributed by atoms with Gasteiger partial charge in [0.05, 0.1) is 6.54 Å². The van der Waals surface area contributed by atoms with Crippen LogP contribution in [0.2, 0.25) is 0 Å². The lowest BCUT2D eigenvalue weighted by Crippen LogP contribution is -2.44. The fourth-order valence-corrected chi connectivity index (χ4v) is 3.72. The van der Waals surface area contributed by atoms with Crippen molar-refractivity contribution in [3.8, 4) is 5.88 Å². The maximum atomic E-state index is 14.1. The first-order valence-electron chi connectivity index (χ1n) is 11.2. The fraction of sp³-hybridized carbons (Fsp3) is 0.320. The fourth-order valence-electron chi connectivity index (χ4n) is 3.72. The van der Waals surface area contributed by atoms with Gasteiger partial charge in [0.25, 0.3) is 0 Å². The predicted molar refractivity (Wildman–Crippen MR) is 143 cm³/mol. The van der Waals surface area contributed by atoms with Crippen LogP contribution >= 0.6 is 24.0 Å². The van der Waals surface area contributed by atoms with E-state index in [1.807, 2.05) is 54.3 Å². The minimum absolute atomic E-state index is 0. The van der Waals surface area contributed by atoms with Crippen molar-refractivity contribution in [2.24, 2.45) is 4.99 Å². The van der Waals surface area contributed by atoms with Crippen LogP contribution in [0, 0.1) is 5.82 Å². The van der Waals surface area contributed by atoms with Gasteiger partial charge < -0.3 is 20.3 Å². The Bertz CT molecular complexity index is 1070. The summed E-state index contributed by atoms with van der Waals surface area (Å²) in [6, 6.07) is 17.1.